The molecule has 0 saturated heterocycles. The highest BCUT2D eigenvalue weighted by Gasteiger charge is 2.10. The normalized spacial score (nSPS) is 20.4. The molecule has 0 saturated carbocycles. The van der Waals surface area contributed by atoms with Gasteiger partial charge in [0.25, 0.3) is 0 Å². The summed E-state index contributed by atoms with van der Waals surface area (Å²) in [4.78, 5) is 15.3. The van der Waals surface area contributed by atoms with Gasteiger partial charge in [-0.05, 0) is 13.0 Å². The highest BCUT2D eigenvalue weighted by Crippen LogP contribution is 2.06. The standard InChI is InChI=1S/C9H12N2O2/c1-2-13-11-10-9-6-4-3-5-8(9)7-12/h3-6,9-11H,2H2,1H3. The molecular formula is C9H12N2O2. The number of nitrogens with one attached hydrogen (secondary N) is 2. The first-order chi connectivity index (χ1) is 6.38. The van der Waals surface area contributed by atoms with Crippen molar-refractivity contribution in [1.82, 2.24) is 11.0 Å². The van der Waals surface area contributed by atoms with E-state index in [9.17, 15) is 4.79 Å². The second-order valence-corrected chi connectivity index (χ2v) is 2.46. The summed E-state index contributed by atoms with van der Waals surface area (Å²) < 4.78 is 0. The van der Waals surface area contributed by atoms with Gasteiger partial charge in [-0.2, -0.15) is 0 Å². The average Bonchev–Trinajstić information content (AvgIpc) is 2.19. The minimum atomic E-state index is -0.172. The van der Waals surface area contributed by atoms with Crippen LogP contribution in [0.4, 0.5) is 0 Å². The molecule has 0 amide bonds. The molecule has 1 aliphatic carbocycles. The van der Waals surface area contributed by atoms with E-state index in [2.05, 4.69) is 11.0 Å². The maximum Gasteiger partial charge on any atom is 0.130 e. The summed E-state index contributed by atoms with van der Waals surface area (Å²) in [5, 5.41) is 0. The smallest absolute Gasteiger partial charge is 0.130 e. The lowest BCUT2D eigenvalue weighted by atomic mass is 10.1. The van der Waals surface area contributed by atoms with E-state index in [-0.39, 0.29) is 6.04 Å². The van der Waals surface area contributed by atoms with Crippen LogP contribution >= 0.6 is 0 Å². The van der Waals surface area contributed by atoms with Crippen LogP contribution in [0.2, 0.25) is 0 Å². The Bertz CT molecular complexity index is 265. The highest BCUT2D eigenvalue weighted by atomic mass is 16.7. The van der Waals surface area contributed by atoms with Gasteiger partial charge in [0.05, 0.1) is 18.2 Å². The van der Waals surface area contributed by atoms with Crippen LogP contribution in [0.1, 0.15) is 6.92 Å². The van der Waals surface area contributed by atoms with E-state index in [4.69, 9.17) is 4.84 Å². The minimum absolute atomic E-state index is 0.172. The maximum absolute atomic E-state index is 10.4. The Kier molecular flexibility index (Phi) is 4.15. The van der Waals surface area contributed by atoms with E-state index in [1.807, 2.05) is 25.0 Å². The molecule has 0 heterocycles. The van der Waals surface area contributed by atoms with E-state index in [1.165, 1.54) is 0 Å². The number of rotatable bonds is 4. The Balaban J connectivity index is 2.44. The first kappa shape index (κ1) is 9.89. The van der Waals surface area contributed by atoms with Crippen LogP contribution in [0.15, 0.2) is 29.9 Å². The molecule has 4 heteroatoms. The topological polar surface area (TPSA) is 50.4 Å². The van der Waals surface area contributed by atoms with Crippen molar-refractivity contribution in [2.75, 3.05) is 6.61 Å². The summed E-state index contributed by atoms with van der Waals surface area (Å²) >= 11 is 0. The van der Waals surface area contributed by atoms with Gasteiger partial charge in [-0.3, -0.25) is 4.84 Å². The molecule has 4 nitrogen and oxygen atoms in total. The molecule has 1 atom stereocenters. The monoisotopic (exact) mass is 180 g/mol. The van der Waals surface area contributed by atoms with Gasteiger partial charge in [0.2, 0.25) is 0 Å². The minimum Gasteiger partial charge on any atom is -0.287 e. The lowest BCUT2D eigenvalue weighted by Crippen LogP contribution is -2.41. The van der Waals surface area contributed by atoms with Gasteiger partial charge in [-0.15, -0.1) is 5.59 Å². The molecule has 0 bridgehead atoms. The summed E-state index contributed by atoms with van der Waals surface area (Å²) in [6.45, 7) is 2.42. The molecule has 1 rings (SSSR count). The van der Waals surface area contributed by atoms with Crippen molar-refractivity contribution in [3.05, 3.63) is 29.9 Å². The van der Waals surface area contributed by atoms with Gasteiger partial charge >= 0.3 is 0 Å². The van der Waals surface area contributed by atoms with E-state index in [0.717, 1.165) is 0 Å². The van der Waals surface area contributed by atoms with Crippen molar-refractivity contribution < 1.29 is 9.63 Å². The lowest BCUT2D eigenvalue weighted by molar-refractivity contribution is 0.0168. The fraction of sp³-hybridized carbons (Fsp3) is 0.333. The molecule has 1 aliphatic rings. The SMILES string of the molecule is CCONNC1C=CC=CC1=C=O. The molecule has 1 unspecified atom stereocenters. The predicted molar refractivity (Wildman–Crippen MR) is 49.2 cm³/mol. The van der Waals surface area contributed by atoms with Crippen LogP contribution in [-0.2, 0) is 9.63 Å². The second-order valence-electron chi connectivity index (χ2n) is 2.46. The summed E-state index contributed by atoms with van der Waals surface area (Å²) in [6.07, 6.45) is 7.19. The molecule has 2 N–H and O–H groups in total. The zero-order valence-corrected chi connectivity index (χ0v) is 7.41. The molecule has 0 aliphatic heterocycles. The van der Waals surface area contributed by atoms with Gasteiger partial charge < -0.3 is 0 Å². The summed E-state index contributed by atoms with van der Waals surface area (Å²) in [5.41, 5.74) is 5.90. The van der Waals surface area contributed by atoms with Crippen molar-refractivity contribution in [3.63, 3.8) is 0 Å². The quantitative estimate of drug-likeness (QED) is 0.371. The first-order valence-electron chi connectivity index (χ1n) is 4.10. The van der Waals surface area contributed by atoms with Crippen molar-refractivity contribution >= 4 is 5.94 Å². The Hall–Kier alpha value is -1.19. The average molecular weight is 180 g/mol. The van der Waals surface area contributed by atoms with Crippen molar-refractivity contribution in [1.29, 1.82) is 0 Å². The molecule has 0 aromatic carbocycles. The second kappa shape index (κ2) is 5.45. The molecule has 0 aromatic heterocycles. The van der Waals surface area contributed by atoms with Crippen LogP contribution in [0.5, 0.6) is 0 Å². The van der Waals surface area contributed by atoms with Crippen LogP contribution in [0.25, 0.3) is 0 Å². The van der Waals surface area contributed by atoms with Gasteiger partial charge in [0.1, 0.15) is 5.94 Å². The Morgan fingerprint density at radius 2 is 2.46 bits per heavy atom. The molecule has 0 spiro atoms. The molecule has 13 heavy (non-hydrogen) atoms. The third kappa shape index (κ3) is 2.97. The van der Waals surface area contributed by atoms with Gasteiger partial charge in [-0.25, -0.2) is 10.2 Å². The van der Waals surface area contributed by atoms with Crippen molar-refractivity contribution in [2.45, 2.75) is 13.0 Å². The molecule has 0 radical (unpaired) electrons. The number of hydrogen-bond donors (Lipinski definition) is 2. The van der Waals surface area contributed by atoms with E-state index in [0.29, 0.717) is 12.2 Å². The van der Waals surface area contributed by atoms with Gasteiger partial charge in [0, 0.05) is 0 Å². The first-order valence-corrected chi connectivity index (χ1v) is 4.10. The molecule has 0 fully saturated rings. The Morgan fingerprint density at radius 1 is 1.62 bits per heavy atom. The largest absolute Gasteiger partial charge is 0.287 e. The maximum atomic E-state index is 10.4. The summed E-state index contributed by atoms with van der Waals surface area (Å²) in [7, 11) is 0. The Labute approximate surface area is 76.9 Å². The fourth-order valence-electron chi connectivity index (χ4n) is 0.943. The van der Waals surface area contributed by atoms with Crippen LogP contribution in [0, 0.1) is 0 Å². The van der Waals surface area contributed by atoms with Crippen molar-refractivity contribution in [2.24, 2.45) is 0 Å². The van der Waals surface area contributed by atoms with Crippen LogP contribution in [0.3, 0.4) is 0 Å². The van der Waals surface area contributed by atoms with E-state index >= 15 is 0 Å². The van der Waals surface area contributed by atoms with E-state index < -0.39 is 0 Å². The third-order valence-electron chi connectivity index (χ3n) is 1.57. The zero-order valence-electron chi connectivity index (χ0n) is 7.41. The molecular weight excluding hydrogens is 168 g/mol. The summed E-state index contributed by atoms with van der Waals surface area (Å²) in [5.74, 6) is 1.85. The van der Waals surface area contributed by atoms with E-state index in [1.54, 1.807) is 12.2 Å². The predicted octanol–water partition coefficient (Wildman–Crippen LogP) is 0.285. The molecule has 70 valence electrons. The Morgan fingerprint density at radius 3 is 3.15 bits per heavy atom. The zero-order chi connectivity index (χ0) is 9.52. The summed E-state index contributed by atoms with van der Waals surface area (Å²) in [6, 6.07) is -0.172. The third-order valence-corrected chi connectivity index (χ3v) is 1.57. The van der Waals surface area contributed by atoms with Crippen LogP contribution < -0.4 is 11.0 Å². The molecule has 0 aromatic rings. The van der Waals surface area contributed by atoms with Crippen LogP contribution in [-0.4, -0.2) is 18.6 Å². The number of carbonyl (C=O) groups excluding carboxylic acids is 1. The van der Waals surface area contributed by atoms with Crippen molar-refractivity contribution in [3.8, 4) is 0 Å². The number of hydrazine groups is 1. The number of allylic oxidation sites excluding steroid dienone is 2. The fourth-order valence-corrected chi connectivity index (χ4v) is 0.943. The van der Waals surface area contributed by atoms with Gasteiger partial charge in [0.15, 0.2) is 0 Å². The van der Waals surface area contributed by atoms with Gasteiger partial charge in [-0.1, -0.05) is 18.2 Å². The lowest BCUT2D eigenvalue weighted by Gasteiger charge is -2.15. The number of hydrogen-bond acceptors (Lipinski definition) is 4. The highest BCUT2D eigenvalue weighted by molar-refractivity contribution is 5.62.